The van der Waals surface area contributed by atoms with Crippen LogP contribution in [0.25, 0.3) is 0 Å². The first-order valence-electron chi connectivity index (χ1n) is 13.8. The molecular weight excluding hydrogens is 652 g/mol. The van der Waals surface area contributed by atoms with E-state index in [2.05, 4.69) is 5.32 Å². The first kappa shape index (κ1) is 35.0. The molecule has 7 nitrogen and oxygen atoms in total. The molecule has 232 valence electrons. The first-order valence-corrected chi connectivity index (χ1v) is 17.2. The van der Waals surface area contributed by atoms with Crippen molar-refractivity contribution in [1.82, 2.24) is 10.2 Å². The normalized spacial score (nSPS) is 12.8. The summed E-state index contributed by atoms with van der Waals surface area (Å²) < 4.78 is 26.5. The number of rotatable bonds is 14. The Balaban J connectivity index is 1.93. The quantitative estimate of drug-likeness (QED) is 0.192. The van der Waals surface area contributed by atoms with Gasteiger partial charge in [0.1, 0.15) is 6.04 Å². The minimum atomic E-state index is -3.75. The number of sulfonamides is 1. The van der Waals surface area contributed by atoms with Gasteiger partial charge in [0.2, 0.25) is 21.8 Å². The molecule has 1 N–H and O–H groups in total. The molecule has 0 fully saturated rings. The van der Waals surface area contributed by atoms with Crippen LogP contribution in [0, 0.1) is 0 Å². The Kier molecular flexibility index (Phi) is 13.0. The maximum atomic E-state index is 14.0. The molecule has 0 aromatic heterocycles. The van der Waals surface area contributed by atoms with Crippen LogP contribution in [0.3, 0.4) is 0 Å². The van der Waals surface area contributed by atoms with Gasteiger partial charge in [-0.25, -0.2) is 8.42 Å². The van der Waals surface area contributed by atoms with Crippen molar-refractivity contribution in [2.24, 2.45) is 0 Å². The molecule has 43 heavy (non-hydrogen) atoms. The summed E-state index contributed by atoms with van der Waals surface area (Å²) in [6.45, 7) is 3.95. The lowest BCUT2D eigenvalue weighted by atomic mass is 10.0. The Morgan fingerprint density at radius 1 is 0.884 bits per heavy atom. The standard InChI is InChI=1S/C31H35Cl4N3O4S/c1-4-21(2)36-31(40)29(18-22-9-6-5-7-10-22)37(20-23-12-14-25(33)27(35)17-23)30(39)11-8-16-38(43(3,41)42)28-19-24(32)13-15-26(28)34/h5-7,9-10,12-15,17,19,21,29H,4,8,11,16,18,20H2,1-3H3,(H,36,40)/t21-,29+/m1/s1. The first-order chi connectivity index (χ1) is 20.3. The van der Waals surface area contributed by atoms with E-state index >= 15 is 0 Å². The van der Waals surface area contributed by atoms with Gasteiger partial charge in [0.05, 0.1) is 27.0 Å². The van der Waals surface area contributed by atoms with E-state index in [1.54, 1.807) is 24.3 Å². The van der Waals surface area contributed by atoms with Crippen molar-refractivity contribution in [2.75, 3.05) is 17.1 Å². The van der Waals surface area contributed by atoms with Crippen LogP contribution >= 0.6 is 46.4 Å². The van der Waals surface area contributed by atoms with Gasteiger partial charge >= 0.3 is 0 Å². The molecule has 0 bridgehead atoms. The largest absolute Gasteiger partial charge is 0.352 e. The average Bonchev–Trinajstić information content (AvgIpc) is 2.96. The molecule has 3 aromatic rings. The summed E-state index contributed by atoms with van der Waals surface area (Å²) in [5.41, 5.74) is 1.81. The predicted octanol–water partition coefficient (Wildman–Crippen LogP) is 7.40. The van der Waals surface area contributed by atoms with E-state index in [1.807, 2.05) is 44.2 Å². The highest BCUT2D eigenvalue weighted by molar-refractivity contribution is 7.92. The fraction of sp³-hybridized carbons (Fsp3) is 0.355. The molecule has 0 saturated heterocycles. The number of halogens is 4. The van der Waals surface area contributed by atoms with Gasteiger partial charge in [0, 0.05) is 37.0 Å². The number of anilines is 1. The van der Waals surface area contributed by atoms with Gasteiger partial charge in [-0.05, 0) is 61.2 Å². The van der Waals surface area contributed by atoms with E-state index in [9.17, 15) is 18.0 Å². The van der Waals surface area contributed by atoms with Crippen molar-refractivity contribution in [3.05, 3.63) is 97.9 Å². The number of carbonyl (C=O) groups excluding carboxylic acids is 2. The smallest absolute Gasteiger partial charge is 0.243 e. The van der Waals surface area contributed by atoms with Gasteiger partial charge in [-0.15, -0.1) is 0 Å². The Bertz CT molecular complexity index is 1520. The predicted molar refractivity (Wildman–Crippen MR) is 177 cm³/mol. The lowest BCUT2D eigenvalue weighted by Gasteiger charge is -2.33. The van der Waals surface area contributed by atoms with Crippen LogP contribution in [0.4, 0.5) is 5.69 Å². The lowest BCUT2D eigenvalue weighted by molar-refractivity contribution is -0.141. The molecule has 0 saturated carbocycles. The molecule has 3 rings (SSSR count). The van der Waals surface area contributed by atoms with Gasteiger partial charge < -0.3 is 10.2 Å². The third kappa shape index (κ3) is 10.3. The second kappa shape index (κ2) is 16.0. The summed E-state index contributed by atoms with van der Waals surface area (Å²) in [7, 11) is -3.75. The zero-order chi connectivity index (χ0) is 31.7. The van der Waals surface area contributed by atoms with E-state index in [0.717, 1.165) is 22.5 Å². The van der Waals surface area contributed by atoms with E-state index in [1.165, 1.54) is 17.0 Å². The number of nitrogens with one attached hydrogen (secondary N) is 1. The highest BCUT2D eigenvalue weighted by atomic mass is 35.5. The number of hydrogen-bond donors (Lipinski definition) is 1. The highest BCUT2D eigenvalue weighted by Crippen LogP contribution is 2.31. The second-order valence-electron chi connectivity index (χ2n) is 10.3. The van der Waals surface area contributed by atoms with Crippen molar-refractivity contribution < 1.29 is 18.0 Å². The molecule has 0 heterocycles. The van der Waals surface area contributed by atoms with Gasteiger partial charge in [-0.2, -0.15) is 0 Å². The molecule has 0 spiro atoms. The molecule has 0 aliphatic carbocycles. The molecule has 2 amide bonds. The molecule has 0 unspecified atom stereocenters. The van der Waals surface area contributed by atoms with Gasteiger partial charge in [0.25, 0.3) is 0 Å². The molecule has 0 aliphatic rings. The summed E-state index contributed by atoms with van der Waals surface area (Å²) in [4.78, 5) is 29.2. The molecule has 0 aliphatic heterocycles. The Morgan fingerprint density at radius 2 is 1.56 bits per heavy atom. The monoisotopic (exact) mass is 685 g/mol. The minimum absolute atomic E-state index is 0.0202. The number of nitrogens with zero attached hydrogens (tertiary/aromatic N) is 2. The fourth-order valence-electron chi connectivity index (χ4n) is 4.49. The summed E-state index contributed by atoms with van der Waals surface area (Å²) in [6, 6.07) is 18.1. The van der Waals surface area contributed by atoms with Crippen molar-refractivity contribution in [1.29, 1.82) is 0 Å². The summed E-state index contributed by atoms with van der Waals surface area (Å²) in [5, 5.41) is 4.27. The van der Waals surface area contributed by atoms with Crippen LogP contribution in [0.5, 0.6) is 0 Å². The van der Waals surface area contributed by atoms with Crippen molar-refractivity contribution >= 4 is 73.9 Å². The topological polar surface area (TPSA) is 86.8 Å². The Hall–Kier alpha value is -2.49. The molecule has 0 radical (unpaired) electrons. The van der Waals surface area contributed by atoms with E-state index < -0.39 is 16.1 Å². The summed E-state index contributed by atoms with van der Waals surface area (Å²) in [5.74, 6) is -0.605. The fourth-order valence-corrected chi connectivity index (χ4v) is 6.21. The van der Waals surface area contributed by atoms with Crippen LogP contribution in [0.1, 0.15) is 44.2 Å². The minimum Gasteiger partial charge on any atom is -0.352 e. The van der Waals surface area contributed by atoms with Crippen LogP contribution in [-0.4, -0.2) is 50.0 Å². The molecular formula is C31H35Cl4N3O4S. The summed E-state index contributed by atoms with van der Waals surface area (Å²) in [6.07, 6.45) is 2.20. The van der Waals surface area contributed by atoms with Crippen molar-refractivity contribution in [3.8, 4) is 0 Å². The maximum absolute atomic E-state index is 14.0. The lowest BCUT2D eigenvalue weighted by Crippen LogP contribution is -2.52. The van der Waals surface area contributed by atoms with Crippen molar-refractivity contribution in [3.63, 3.8) is 0 Å². The molecule has 12 heteroatoms. The van der Waals surface area contributed by atoms with Crippen LogP contribution in [-0.2, 0) is 32.6 Å². The van der Waals surface area contributed by atoms with Gasteiger partial charge in [0.15, 0.2) is 0 Å². The van der Waals surface area contributed by atoms with Crippen LogP contribution < -0.4 is 9.62 Å². The zero-order valence-electron chi connectivity index (χ0n) is 24.2. The van der Waals surface area contributed by atoms with E-state index in [0.29, 0.717) is 20.6 Å². The molecule has 3 aromatic carbocycles. The average molecular weight is 688 g/mol. The van der Waals surface area contributed by atoms with Crippen molar-refractivity contribution in [2.45, 2.75) is 58.2 Å². The van der Waals surface area contributed by atoms with E-state index in [4.69, 9.17) is 46.4 Å². The number of amides is 2. The number of benzene rings is 3. The third-order valence-corrected chi connectivity index (χ3v) is 9.41. The van der Waals surface area contributed by atoms with Gasteiger partial charge in [-0.1, -0.05) is 89.7 Å². The zero-order valence-corrected chi connectivity index (χ0v) is 28.0. The number of carbonyl (C=O) groups is 2. The number of hydrogen-bond acceptors (Lipinski definition) is 4. The summed E-state index contributed by atoms with van der Waals surface area (Å²) >= 11 is 24.8. The maximum Gasteiger partial charge on any atom is 0.243 e. The Morgan fingerprint density at radius 3 is 2.19 bits per heavy atom. The SMILES string of the molecule is CC[C@@H](C)NC(=O)[C@H](Cc1ccccc1)N(Cc1ccc(Cl)c(Cl)c1)C(=O)CCCN(c1cc(Cl)ccc1Cl)S(C)(=O)=O. The second-order valence-corrected chi connectivity index (χ2v) is 13.9. The molecule has 2 atom stereocenters. The van der Waals surface area contributed by atoms with Crippen LogP contribution in [0.15, 0.2) is 66.7 Å². The Labute approximate surface area is 274 Å². The third-order valence-electron chi connectivity index (χ3n) is 6.94. The van der Waals surface area contributed by atoms with E-state index in [-0.39, 0.29) is 60.9 Å². The van der Waals surface area contributed by atoms with Crippen LogP contribution in [0.2, 0.25) is 20.1 Å². The van der Waals surface area contributed by atoms with Gasteiger partial charge in [-0.3, -0.25) is 13.9 Å². The highest BCUT2D eigenvalue weighted by Gasteiger charge is 2.31.